The molecule has 0 aliphatic carbocycles. The number of fused-ring (bicyclic) bond motifs is 2. The average molecular weight is 282 g/mol. The molecule has 0 saturated carbocycles. The number of rotatable bonds is 0. The van der Waals surface area contributed by atoms with Crippen molar-refractivity contribution in [3.63, 3.8) is 0 Å². The van der Waals surface area contributed by atoms with E-state index in [0.717, 1.165) is 0 Å². The first-order chi connectivity index (χ1) is 9.93. The van der Waals surface area contributed by atoms with Crippen LogP contribution in [-0.2, 0) is 4.84 Å². The summed E-state index contributed by atoms with van der Waals surface area (Å²) in [6.07, 6.45) is 6.93. The molecule has 0 spiro atoms. The zero-order valence-electron chi connectivity index (χ0n) is 10.7. The van der Waals surface area contributed by atoms with Crippen molar-refractivity contribution in [2.75, 3.05) is 5.32 Å². The predicted molar refractivity (Wildman–Crippen MR) is 82.8 cm³/mol. The molecule has 2 heterocycles. The van der Waals surface area contributed by atoms with Crippen molar-refractivity contribution >= 4 is 23.1 Å². The van der Waals surface area contributed by atoms with E-state index in [2.05, 4.69) is 64.2 Å². The standard InChI is InChI=1S/C12H9NS.C4H5NO/c1-3-7-11-9(5-1)13-10-6-2-4-8-12(10)14-11;1-2-4-6-5-3-1/h1-8,13H;1-5H. The minimum Gasteiger partial charge on any atom is -0.391 e. The second-order valence-electron chi connectivity index (χ2n) is 4.14. The Balaban J connectivity index is 0.000000170. The number of para-hydroxylation sites is 2. The predicted octanol–water partition coefficient (Wildman–Crippen LogP) is 4.44. The molecular weight excluding hydrogens is 268 g/mol. The van der Waals surface area contributed by atoms with Gasteiger partial charge in [0.2, 0.25) is 0 Å². The van der Waals surface area contributed by atoms with Crippen LogP contribution in [-0.4, -0.2) is 0 Å². The van der Waals surface area contributed by atoms with E-state index in [-0.39, 0.29) is 0 Å². The van der Waals surface area contributed by atoms with Gasteiger partial charge < -0.3 is 10.2 Å². The molecule has 2 N–H and O–H groups in total. The average Bonchev–Trinajstić information content (AvgIpc) is 2.55. The maximum Gasteiger partial charge on any atom is 0.119 e. The highest BCUT2D eigenvalue weighted by atomic mass is 32.2. The lowest BCUT2D eigenvalue weighted by atomic mass is 10.2. The lowest BCUT2D eigenvalue weighted by Gasteiger charge is -2.19. The Hall–Kier alpha value is -2.33. The van der Waals surface area contributed by atoms with Gasteiger partial charge in [-0.25, -0.2) is 5.48 Å². The van der Waals surface area contributed by atoms with Crippen LogP contribution in [0.5, 0.6) is 0 Å². The van der Waals surface area contributed by atoms with E-state index in [9.17, 15) is 0 Å². The van der Waals surface area contributed by atoms with Crippen molar-refractivity contribution in [2.24, 2.45) is 0 Å². The van der Waals surface area contributed by atoms with Crippen molar-refractivity contribution in [1.82, 2.24) is 5.48 Å². The first kappa shape index (κ1) is 12.7. The zero-order valence-corrected chi connectivity index (χ0v) is 11.6. The van der Waals surface area contributed by atoms with Crippen LogP contribution in [0, 0.1) is 0 Å². The molecule has 2 aromatic carbocycles. The molecule has 2 aliphatic heterocycles. The second kappa shape index (κ2) is 6.21. The molecule has 3 nitrogen and oxygen atoms in total. The van der Waals surface area contributed by atoms with Gasteiger partial charge in [-0.05, 0) is 36.4 Å². The van der Waals surface area contributed by atoms with Crippen LogP contribution in [0.4, 0.5) is 11.4 Å². The summed E-state index contributed by atoms with van der Waals surface area (Å²) in [4.78, 5) is 7.15. The van der Waals surface area contributed by atoms with Crippen LogP contribution < -0.4 is 10.8 Å². The number of hydroxylamine groups is 1. The van der Waals surface area contributed by atoms with Gasteiger partial charge in [0.1, 0.15) is 6.26 Å². The van der Waals surface area contributed by atoms with Gasteiger partial charge in [0.15, 0.2) is 0 Å². The summed E-state index contributed by atoms with van der Waals surface area (Å²) >= 11 is 1.82. The summed E-state index contributed by atoms with van der Waals surface area (Å²) in [5.41, 5.74) is 4.93. The van der Waals surface area contributed by atoms with Gasteiger partial charge in [0.25, 0.3) is 0 Å². The highest BCUT2D eigenvalue weighted by molar-refractivity contribution is 7.99. The van der Waals surface area contributed by atoms with E-state index in [0.29, 0.717) is 0 Å². The summed E-state index contributed by atoms with van der Waals surface area (Å²) < 4.78 is 0. The van der Waals surface area contributed by atoms with Gasteiger partial charge in [0.05, 0.1) is 11.4 Å². The number of nitrogens with one attached hydrogen (secondary N) is 2. The topological polar surface area (TPSA) is 33.3 Å². The summed E-state index contributed by atoms with van der Waals surface area (Å²) in [5.74, 6) is 0. The molecule has 4 rings (SSSR count). The fourth-order valence-electron chi connectivity index (χ4n) is 1.84. The third-order valence-electron chi connectivity index (χ3n) is 2.75. The fourth-order valence-corrected chi connectivity index (χ4v) is 2.83. The van der Waals surface area contributed by atoms with E-state index >= 15 is 0 Å². The number of anilines is 2. The van der Waals surface area contributed by atoms with Gasteiger partial charge in [-0.1, -0.05) is 36.0 Å². The van der Waals surface area contributed by atoms with Crippen LogP contribution in [0.2, 0.25) is 0 Å². The molecule has 0 bridgehead atoms. The second-order valence-corrected chi connectivity index (χ2v) is 5.23. The first-order valence-corrected chi connectivity index (χ1v) is 7.11. The molecule has 0 fully saturated rings. The quantitative estimate of drug-likeness (QED) is 0.638. The van der Waals surface area contributed by atoms with Crippen LogP contribution >= 0.6 is 11.8 Å². The Morgan fingerprint density at radius 1 is 0.800 bits per heavy atom. The highest BCUT2D eigenvalue weighted by Gasteiger charge is 2.13. The maximum absolute atomic E-state index is 4.55. The van der Waals surface area contributed by atoms with E-state index in [1.807, 2.05) is 17.8 Å². The van der Waals surface area contributed by atoms with Gasteiger partial charge in [-0.15, -0.1) is 0 Å². The lowest BCUT2D eigenvalue weighted by molar-refractivity contribution is 0.172. The smallest absolute Gasteiger partial charge is 0.119 e. The summed E-state index contributed by atoms with van der Waals surface area (Å²) in [7, 11) is 0. The minimum absolute atomic E-state index is 1.20. The van der Waals surface area contributed by atoms with Gasteiger partial charge in [0, 0.05) is 16.0 Å². The minimum atomic E-state index is 1.20. The molecule has 0 amide bonds. The van der Waals surface area contributed by atoms with Gasteiger partial charge in [-0.3, -0.25) is 0 Å². The molecular formula is C16H14N2OS. The summed E-state index contributed by atoms with van der Waals surface area (Å²) in [6, 6.07) is 16.8. The third kappa shape index (κ3) is 2.97. The Labute approximate surface area is 122 Å². The summed E-state index contributed by atoms with van der Waals surface area (Å²) in [6.45, 7) is 0. The number of hydrogen-bond acceptors (Lipinski definition) is 4. The zero-order chi connectivity index (χ0) is 13.6. The van der Waals surface area contributed by atoms with Crippen molar-refractivity contribution in [3.8, 4) is 0 Å². The molecule has 4 heteroatoms. The van der Waals surface area contributed by atoms with Crippen LogP contribution in [0.25, 0.3) is 0 Å². The third-order valence-corrected chi connectivity index (χ3v) is 3.91. The van der Waals surface area contributed by atoms with Gasteiger partial charge in [-0.2, -0.15) is 0 Å². The molecule has 0 aromatic heterocycles. The monoisotopic (exact) mass is 282 g/mol. The van der Waals surface area contributed by atoms with Crippen molar-refractivity contribution in [1.29, 1.82) is 0 Å². The Bertz CT molecular complexity index is 553. The first-order valence-electron chi connectivity index (χ1n) is 6.29. The maximum atomic E-state index is 4.55. The van der Waals surface area contributed by atoms with Crippen LogP contribution in [0.3, 0.4) is 0 Å². The highest BCUT2D eigenvalue weighted by Crippen LogP contribution is 2.43. The van der Waals surface area contributed by atoms with Crippen molar-refractivity contribution in [3.05, 3.63) is 73.1 Å². The largest absolute Gasteiger partial charge is 0.391 e. The molecule has 0 radical (unpaired) electrons. The molecule has 2 aromatic rings. The SMILES string of the molecule is C1=CNOC=C1.c1ccc2c(c1)Nc1ccccc1S2. The number of benzene rings is 2. The van der Waals surface area contributed by atoms with Crippen molar-refractivity contribution < 1.29 is 4.84 Å². The Kier molecular flexibility index (Phi) is 3.94. The molecule has 2 aliphatic rings. The van der Waals surface area contributed by atoms with E-state index in [1.165, 1.54) is 21.2 Å². The number of allylic oxidation sites excluding steroid dienone is 2. The van der Waals surface area contributed by atoms with Crippen LogP contribution in [0.15, 0.2) is 82.9 Å². The van der Waals surface area contributed by atoms with Crippen LogP contribution in [0.1, 0.15) is 0 Å². The number of hydrogen-bond donors (Lipinski definition) is 2. The van der Waals surface area contributed by atoms with Crippen molar-refractivity contribution in [2.45, 2.75) is 9.79 Å². The van der Waals surface area contributed by atoms with E-state index < -0.39 is 0 Å². The molecule has 0 saturated heterocycles. The lowest BCUT2D eigenvalue weighted by Crippen LogP contribution is -2.01. The van der Waals surface area contributed by atoms with E-state index in [4.69, 9.17) is 0 Å². The fraction of sp³-hybridized carbons (Fsp3) is 0. The Morgan fingerprint density at radius 3 is 1.90 bits per heavy atom. The summed E-state index contributed by atoms with van der Waals surface area (Å²) in [5, 5.41) is 3.42. The Morgan fingerprint density at radius 2 is 1.45 bits per heavy atom. The molecule has 0 unspecified atom stereocenters. The molecule has 20 heavy (non-hydrogen) atoms. The van der Waals surface area contributed by atoms with E-state index in [1.54, 1.807) is 18.5 Å². The normalized spacial score (nSPS) is 13.6. The molecule has 100 valence electrons. The van der Waals surface area contributed by atoms with Gasteiger partial charge >= 0.3 is 0 Å². The molecule has 0 atom stereocenters.